The molecule has 2 N–H and O–H groups in total. The van der Waals surface area contributed by atoms with Crippen molar-refractivity contribution in [2.45, 2.75) is 13.5 Å². The van der Waals surface area contributed by atoms with Gasteiger partial charge in [-0.15, -0.1) is 23.7 Å². The van der Waals surface area contributed by atoms with Crippen molar-refractivity contribution < 1.29 is 0 Å². The first kappa shape index (κ1) is 10.4. The summed E-state index contributed by atoms with van der Waals surface area (Å²) < 4.78 is 1.17. The van der Waals surface area contributed by atoms with Crippen molar-refractivity contribution in [3.05, 3.63) is 20.3 Å². The van der Waals surface area contributed by atoms with Gasteiger partial charge in [0.15, 0.2) is 0 Å². The number of thiophene rings is 1. The second-order valence-electron chi connectivity index (χ2n) is 1.88. The summed E-state index contributed by atoms with van der Waals surface area (Å²) in [5.74, 6) is 0. The van der Waals surface area contributed by atoms with Crippen LogP contribution in [0.4, 0.5) is 0 Å². The van der Waals surface area contributed by atoms with Crippen molar-refractivity contribution in [2.75, 3.05) is 0 Å². The Kier molecular flexibility index (Phi) is 4.52. The summed E-state index contributed by atoms with van der Waals surface area (Å²) in [5.41, 5.74) is 8.00. The molecule has 1 aromatic heterocycles. The largest absolute Gasteiger partial charge is 0.326 e. The summed E-state index contributed by atoms with van der Waals surface area (Å²) in [5, 5.41) is 2.10. The summed E-state index contributed by atoms with van der Waals surface area (Å²) in [7, 11) is 0. The van der Waals surface area contributed by atoms with Crippen LogP contribution < -0.4 is 5.73 Å². The normalized spacial score (nSPS) is 9.10. The Morgan fingerprint density at radius 2 is 2.30 bits per heavy atom. The molecular formula is C6H9BrClNS. The third kappa shape index (κ3) is 1.95. The molecule has 1 heterocycles. The quantitative estimate of drug-likeness (QED) is 0.805. The van der Waals surface area contributed by atoms with E-state index in [2.05, 4.69) is 28.2 Å². The number of aryl methyl sites for hydroxylation is 1. The van der Waals surface area contributed by atoms with Crippen LogP contribution in [0.3, 0.4) is 0 Å². The molecule has 0 aliphatic heterocycles. The van der Waals surface area contributed by atoms with Gasteiger partial charge in [0.2, 0.25) is 0 Å². The molecule has 1 nitrogen and oxygen atoms in total. The van der Waals surface area contributed by atoms with Gasteiger partial charge in [-0.2, -0.15) is 0 Å². The van der Waals surface area contributed by atoms with Crippen molar-refractivity contribution in [3.63, 3.8) is 0 Å². The fourth-order valence-electron chi connectivity index (χ4n) is 0.679. The van der Waals surface area contributed by atoms with Gasteiger partial charge >= 0.3 is 0 Å². The van der Waals surface area contributed by atoms with Gasteiger partial charge in [-0.3, -0.25) is 0 Å². The fourth-order valence-corrected chi connectivity index (χ4v) is 2.24. The minimum absolute atomic E-state index is 0. The monoisotopic (exact) mass is 241 g/mol. The van der Waals surface area contributed by atoms with Gasteiger partial charge in [0, 0.05) is 6.54 Å². The number of halogens is 2. The Bertz CT molecular complexity index is 192. The number of rotatable bonds is 1. The zero-order chi connectivity index (χ0) is 6.85. The molecule has 0 fully saturated rings. The zero-order valence-corrected chi connectivity index (χ0v) is 8.78. The maximum Gasteiger partial charge on any atom is 0.0745 e. The first-order chi connectivity index (χ1) is 4.25. The molecule has 0 bridgehead atoms. The van der Waals surface area contributed by atoms with E-state index in [0.29, 0.717) is 6.54 Å². The standard InChI is InChI=1S/C6H8BrNS.ClH/c1-4-3-9-6(7)5(4)2-8;/h3H,2,8H2,1H3;1H. The topological polar surface area (TPSA) is 26.0 Å². The van der Waals surface area contributed by atoms with Crippen LogP contribution in [-0.2, 0) is 6.54 Å². The van der Waals surface area contributed by atoms with Crippen LogP contribution in [-0.4, -0.2) is 0 Å². The number of hydrogen-bond acceptors (Lipinski definition) is 2. The first-order valence-electron chi connectivity index (χ1n) is 2.68. The van der Waals surface area contributed by atoms with Gasteiger partial charge in [-0.05, 0) is 39.4 Å². The van der Waals surface area contributed by atoms with Gasteiger partial charge in [-0.25, -0.2) is 0 Å². The maximum atomic E-state index is 5.47. The van der Waals surface area contributed by atoms with E-state index >= 15 is 0 Å². The van der Waals surface area contributed by atoms with Crippen molar-refractivity contribution in [1.29, 1.82) is 0 Å². The smallest absolute Gasteiger partial charge is 0.0745 e. The average molecular weight is 243 g/mol. The highest BCUT2D eigenvalue weighted by molar-refractivity contribution is 9.11. The van der Waals surface area contributed by atoms with E-state index in [1.165, 1.54) is 14.9 Å². The Hall–Kier alpha value is 0.430. The van der Waals surface area contributed by atoms with E-state index in [1.807, 2.05) is 0 Å². The van der Waals surface area contributed by atoms with E-state index in [-0.39, 0.29) is 12.4 Å². The lowest BCUT2D eigenvalue weighted by Crippen LogP contribution is -1.96. The molecule has 0 spiro atoms. The van der Waals surface area contributed by atoms with Gasteiger partial charge < -0.3 is 5.73 Å². The van der Waals surface area contributed by atoms with Crippen LogP contribution in [0.5, 0.6) is 0 Å². The maximum absolute atomic E-state index is 5.47. The minimum Gasteiger partial charge on any atom is -0.326 e. The molecular weight excluding hydrogens is 233 g/mol. The highest BCUT2D eigenvalue weighted by Crippen LogP contribution is 2.26. The molecule has 4 heteroatoms. The lowest BCUT2D eigenvalue weighted by Gasteiger charge is -1.92. The molecule has 0 aromatic carbocycles. The molecule has 0 saturated carbocycles. The predicted molar refractivity (Wildman–Crippen MR) is 51.9 cm³/mol. The summed E-state index contributed by atoms with van der Waals surface area (Å²) in [6.07, 6.45) is 0. The molecule has 0 atom stereocenters. The van der Waals surface area contributed by atoms with Crippen LogP contribution >= 0.6 is 39.7 Å². The summed E-state index contributed by atoms with van der Waals surface area (Å²) in [6, 6.07) is 0. The Balaban J connectivity index is 0.000000810. The van der Waals surface area contributed by atoms with Gasteiger partial charge in [0.1, 0.15) is 0 Å². The van der Waals surface area contributed by atoms with Gasteiger partial charge in [-0.1, -0.05) is 0 Å². The third-order valence-electron chi connectivity index (χ3n) is 1.26. The van der Waals surface area contributed by atoms with Crippen LogP contribution in [0.15, 0.2) is 9.17 Å². The first-order valence-corrected chi connectivity index (χ1v) is 4.35. The van der Waals surface area contributed by atoms with E-state index in [4.69, 9.17) is 5.73 Å². The highest BCUT2D eigenvalue weighted by Gasteiger charge is 2.01. The zero-order valence-electron chi connectivity index (χ0n) is 5.56. The fraction of sp³-hybridized carbons (Fsp3) is 0.333. The van der Waals surface area contributed by atoms with E-state index in [9.17, 15) is 0 Å². The average Bonchev–Trinajstić information content (AvgIpc) is 2.12. The molecule has 0 aliphatic carbocycles. The SMILES string of the molecule is Cc1csc(Br)c1CN.Cl. The molecule has 1 aromatic rings. The van der Waals surface area contributed by atoms with Crippen LogP contribution in [0, 0.1) is 6.92 Å². The molecule has 0 aliphatic rings. The molecule has 0 saturated heterocycles. The van der Waals surface area contributed by atoms with Gasteiger partial charge in [0.25, 0.3) is 0 Å². The Morgan fingerprint density at radius 3 is 2.50 bits per heavy atom. The summed E-state index contributed by atoms with van der Waals surface area (Å²) in [6.45, 7) is 2.71. The van der Waals surface area contributed by atoms with Crippen LogP contribution in [0.1, 0.15) is 11.1 Å². The second kappa shape index (κ2) is 4.34. The highest BCUT2D eigenvalue weighted by atomic mass is 79.9. The molecule has 10 heavy (non-hydrogen) atoms. The predicted octanol–water partition coefficient (Wildman–Crippen LogP) is 2.70. The molecule has 0 unspecified atom stereocenters. The number of nitrogens with two attached hydrogens (primary N) is 1. The molecule has 58 valence electrons. The molecule has 0 radical (unpaired) electrons. The van der Waals surface area contributed by atoms with Gasteiger partial charge in [0.05, 0.1) is 3.79 Å². The van der Waals surface area contributed by atoms with Crippen LogP contribution in [0.25, 0.3) is 0 Å². The van der Waals surface area contributed by atoms with Crippen LogP contribution in [0.2, 0.25) is 0 Å². The Morgan fingerprint density at radius 1 is 1.70 bits per heavy atom. The van der Waals surface area contributed by atoms with E-state index in [1.54, 1.807) is 11.3 Å². The lowest BCUT2D eigenvalue weighted by molar-refractivity contribution is 1.06. The molecule has 0 amide bonds. The second-order valence-corrected chi connectivity index (χ2v) is 4.07. The minimum atomic E-state index is 0. The summed E-state index contributed by atoms with van der Waals surface area (Å²) >= 11 is 5.11. The van der Waals surface area contributed by atoms with Crippen molar-refractivity contribution in [1.82, 2.24) is 0 Å². The molecule has 1 rings (SSSR count). The summed E-state index contributed by atoms with van der Waals surface area (Å²) in [4.78, 5) is 0. The van der Waals surface area contributed by atoms with Crippen molar-refractivity contribution in [3.8, 4) is 0 Å². The Labute approximate surface area is 79.2 Å². The lowest BCUT2D eigenvalue weighted by atomic mass is 10.2. The van der Waals surface area contributed by atoms with E-state index < -0.39 is 0 Å². The van der Waals surface area contributed by atoms with Crippen molar-refractivity contribution >= 4 is 39.7 Å². The van der Waals surface area contributed by atoms with E-state index in [0.717, 1.165) is 0 Å². The number of hydrogen-bond donors (Lipinski definition) is 1. The third-order valence-corrected chi connectivity index (χ3v) is 3.22. The van der Waals surface area contributed by atoms with Crippen molar-refractivity contribution in [2.24, 2.45) is 5.73 Å².